The Labute approximate surface area is 105 Å². The van der Waals surface area contributed by atoms with Gasteiger partial charge in [0.2, 0.25) is 11.8 Å². The highest BCUT2D eigenvalue weighted by Gasteiger charge is 2.23. The number of nitrogens with two attached hydrogens (primary N) is 1. The molecule has 1 aliphatic rings. The number of nitrogens with zero attached hydrogens (tertiary/aromatic N) is 3. The fraction of sp³-hybridized carbons (Fsp3) is 0.636. The van der Waals surface area contributed by atoms with Crippen LogP contribution in [0.4, 0.5) is 17.5 Å². The molecule has 7 heteroatoms. The molecule has 2 atom stereocenters. The van der Waals surface area contributed by atoms with Crippen molar-refractivity contribution in [2.75, 3.05) is 17.6 Å². The molecule has 0 spiro atoms. The van der Waals surface area contributed by atoms with Crippen LogP contribution in [-0.4, -0.2) is 21.4 Å². The molecule has 2 unspecified atom stereocenters. The molecule has 0 aliphatic heterocycles. The minimum atomic E-state index is -0.501. The third-order valence-electron chi connectivity index (χ3n) is 3.35. The van der Waals surface area contributed by atoms with Crippen molar-refractivity contribution in [3.63, 3.8) is 0 Å². The Bertz CT molecular complexity index is 451. The molecule has 1 aromatic heterocycles. The van der Waals surface area contributed by atoms with Crippen LogP contribution in [0.5, 0.6) is 0 Å². The maximum absolute atomic E-state index is 10.8. The Morgan fingerprint density at radius 3 is 3.00 bits per heavy atom. The van der Waals surface area contributed by atoms with Gasteiger partial charge in [-0.3, -0.25) is 10.1 Å². The number of rotatable bonds is 4. The van der Waals surface area contributed by atoms with Crippen molar-refractivity contribution in [2.24, 2.45) is 11.8 Å². The second-order valence-corrected chi connectivity index (χ2v) is 4.88. The van der Waals surface area contributed by atoms with Gasteiger partial charge in [0.25, 0.3) is 0 Å². The summed E-state index contributed by atoms with van der Waals surface area (Å²) in [5.41, 5.74) is 5.32. The monoisotopic (exact) mass is 251 g/mol. The second-order valence-electron chi connectivity index (χ2n) is 4.88. The van der Waals surface area contributed by atoms with Crippen LogP contribution in [0.3, 0.4) is 0 Å². The molecule has 1 fully saturated rings. The summed E-state index contributed by atoms with van der Waals surface area (Å²) in [6, 6.07) is 0. The average Bonchev–Trinajstić information content (AvgIpc) is 2.72. The molecule has 0 bridgehead atoms. The first kappa shape index (κ1) is 12.5. The summed E-state index contributed by atoms with van der Waals surface area (Å²) in [6.07, 6.45) is 4.67. The molecule has 1 aliphatic carbocycles. The van der Waals surface area contributed by atoms with Gasteiger partial charge in [0.15, 0.2) is 0 Å². The van der Waals surface area contributed by atoms with Crippen molar-refractivity contribution < 1.29 is 4.92 Å². The highest BCUT2D eigenvalue weighted by molar-refractivity contribution is 5.56. The number of nitrogens with one attached hydrogen (secondary N) is 1. The molecular weight excluding hydrogens is 234 g/mol. The molecule has 3 N–H and O–H groups in total. The third-order valence-corrected chi connectivity index (χ3v) is 3.35. The third kappa shape index (κ3) is 2.85. The molecule has 0 amide bonds. The van der Waals surface area contributed by atoms with Crippen LogP contribution < -0.4 is 11.1 Å². The zero-order chi connectivity index (χ0) is 13.1. The van der Waals surface area contributed by atoms with Gasteiger partial charge in [0.1, 0.15) is 6.20 Å². The first-order chi connectivity index (χ1) is 8.56. The van der Waals surface area contributed by atoms with Crippen LogP contribution in [0.1, 0.15) is 26.2 Å². The lowest BCUT2D eigenvalue weighted by Gasteiger charge is -2.11. The topological polar surface area (TPSA) is 107 Å². The molecule has 18 heavy (non-hydrogen) atoms. The Morgan fingerprint density at radius 2 is 2.39 bits per heavy atom. The van der Waals surface area contributed by atoms with E-state index in [1.807, 2.05) is 0 Å². The minimum Gasteiger partial charge on any atom is -0.368 e. The van der Waals surface area contributed by atoms with E-state index >= 15 is 0 Å². The van der Waals surface area contributed by atoms with Gasteiger partial charge in [-0.1, -0.05) is 13.3 Å². The Balaban J connectivity index is 2.04. The smallest absolute Gasteiger partial charge is 0.329 e. The summed E-state index contributed by atoms with van der Waals surface area (Å²) in [5.74, 6) is 1.55. The van der Waals surface area contributed by atoms with Crippen molar-refractivity contribution in [2.45, 2.75) is 26.2 Å². The van der Waals surface area contributed by atoms with Gasteiger partial charge in [-0.25, -0.2) is 4.98 Å². The van der Waals surface area contributed by atoms with Crippen molar-refractivity contribution in [3.05, 3.63) is 16.3 Å². The summed E-state index contributed by atoms with van der Waals surface area (Å²) in [4.78, 5) is 17.9. The maximum atomic E-state index is 10.8. The Kier molecular flexibility index (Phi) is 3.59. The largest absolute Gasteiger partial charge is 0.368 e. The maximum Gasteiger partial charge on any atom is 0.329 e. The lowest BCUT2D eigenvalue weighted by Crippen LogP contribution is -2.14. The van der Waals surface area contributed by atoms with Crippen LogP contribution in [0.2, 0.25) is 0 Å². The Hall–Kier alpha value is -1.92. The molecule has 1 aromatic rings. The average molecular weight is 251 g/mol. The summed E-state index contributed by atoms with van der Waals surface area (Å²) in [6.45, 7) is 2.92. The lowest BCUT2D eigenvalue weighted by atomic mass is 10.1. The number of aromatic nitrogens is 2. The van der Waals surface area contributed by atoms with E-state index in [0.717, 1.165) is 25.0 Å². The van der Waals surface area contributed by atoms with E-state index < -0.39 is 4.92 Å². The van der Waals surface area contributed by atoms with Gasteiger partial charge in [0, 0.05) is 6.54 Å². The molecule has 1 saturated carbocycles. The normalized spacial score (nSPS) is 22.9. The number of hydrogen-bond acceptors (Lipinski definition) is 6. The quantitative estimate of drug-likeness (QED) is 0.624. The van der Waals surface area contributed by atoms with Crippen LogP contribution in [0.25, 0.3) is 0 Å². The molecule has 7 nitrogen and oxygen atoms in total. The van der Waals surface area contributed by atoms with Crippen LogP contribution in [0.15, 0.2) is 6.20 Å². The van der Waals surface area contributed by atoms with Crippen LogP contribution >= 0.6 is 0 Å². The Morgan fingerprint density at radius 1 is 1.61 bits per heavy atom. The summed E-state index contributed by atoms with van der Waals surface area (Å²) >= 11 is 0. The standard InChI is InChI=1S/C11H17N5O2/c1-7-2-3-8(4-7)5-13-10-9(16(17)18)6-14-11(12)15-10/h6-8H,2-5H2,1H3,(H3,12,13,14,15). The second kappa shape index (κ2) is 5.16. The van der Waals surface area contributed by atoms with Gasteiger partial charge in [-0.2, -0.15) is 4.98 Å². The van der Waals surface area contributed by atoms with Crippen molar-refractivity contribution in [1.82, 2.24) is 9.97 Å². The molecule has 0 radical (unpaired) electrons. The lowest BCUT2D eigenvalue weighted by molar-refractivity contribution is -0.384. The van der Waals surface area contributed by atoms with Crippen molar-refractivity contribution >= 4 is 17.5 Å². The number of nitrogen functional groups attached to an aromatic ring is 1. The number of nitro groups is 1. The molecule has 2 rings (SSSR count). The van der Waals surface area contributed by atoms with E-state index in [-0.39, 0.29) is 17.5 Å². The van der Waals surface area contributed by atoms with E-state index in [1.165, 1.54) is 6.42 Å². The molecule has 98 valence electrons. The first-order valence-electron chi connectivity index (χ1n) is 6.07. The molecule has 0 saturated heterocycles. The van der Waals surface area contributed by atoms with E-state index in [2.05, 4.69) is 22.2 Å². The predicted octanol–water partition coefficient (Wildman–Crippen LogP) is 1.82. The first-order valence-corrected chi connectivity index (χ1v) is 6.07. The zero-order valence-electron chi connectivity index (χ0n) is 10.3. The van der Waals surface area contributed by atoms with Gasteiger partial charge in [-0.15, -0.1) is 0 Å². The SMILES string of the molecule is CC1CCC(CNc2nc(N)ncc2[N+](=O)[O-])C1. The molecule has 0 aromatic carbocycles. The van der Waals surface area contributed by atoms with Crippen LogP contribution in [0, 0.1) is 22.0 Å². The summed E-state index contributed by atoms with van der Waals surface area (Å²) in [5, 5.41) is 13.9. The van der Waals surface area contributed by atoms with E-state index in [9.17, 15) is 10.1 Å². The highest BCUT2D eigenvalue weighted by atomic mass is 16.6. The van der Waals surface area contributed by atoms with E-state index in [0.29, 0.717) is 12.5 Å². The minimum absolute atomic E-state index is 0.0443. The molecular formula is C11H17N5O2. The van der Waals surface area contributed by atoms with Gasteiger partial charge in [0.05, 0.1) is 4.92 Å². The van der Waals surface area contributed by atoms with Crippen LogP contribution in [-0.2, 0) is 0 Å². The van der Waals surface area contributed by atoms with E-state index in [4.69, 9.17) is 5.73 Å². The van der Waals surface area contributed by atoms with Gasteiger partial charge >= 0.3 is 5.69 Å². The summed E-state index contributed by atoms with van der Waals surface area (Å²) < 4.78 is 0. The number of anilines is 2. The van der Waals surface area contributed by atoms with Gasteiger partial charge < -0.3 is 11.1 Å². The summed E-state index contributed by atoms with van der Waals surface area (Å²) in [7, 11) is 0. The van der Waals surface area contributed by atoms with Crippen molar-refractivity contribution in [3.8, 4) is 0 Å². The highest BCUT2D eigenvalue weighted by Crippen LogP contribution is 2.31. The predicted molar refractivity (Wildman–Crippen MR) is 68.1 cm³/mol. The molecule has 1 heterocycles. The fourth-order valence-electron chi connectivity index (χ4n) is 2.40. The fourth-order valence-corrected chi connectivity index (χ4v) is 2.40. The van der Waals surface area contributed by atoms with Crippen molar-refractivity contribution in [1.29, 1.82) is 0 Å². The van der Waals surface area contributed by atoms with E-state index in [1.54, 1.807) is 0 Å². The number of hydrogen-bond donors (Lipinski definition) is 2. The zero-order valence-corrected chi connectivity index (χ0v) is 10.3. The van der Waals surface area contributed by atoms with Gasteiger partial charge in [-0.05, 0) is 24.7 Å².